The second-order valence-corrected chi connectivity index (χ2v) is 8.02. The standard InChI is InChI=1S/C18H21ClF3N3O/c1-16(2)7-6-13(17(16,26)9-25-11-23-10-24-25)8-12-4-3-5-14(19)15(12)18(20,21)22/h3-5,10-11,13,26H,6-9H2,1-2H3. The Labute approximate surface area is 155 Å². The Bertz CT molecular complexity index is 776. The molecule has 142 valence electrons. The highest BCUT2D eigenvalue weighted by Crippen LogP contribution is 2.52. The molecule has 26 heavy (non-hydrogen) atoms. The predicted octanol–water partition coefficient (Wildman–Crippen LogP) is 4.36. The fourth-order valence-corrected chi connectivity index (χ4v) is 4.34. The van der Waals surface area contributed by atoms with Crippen LogP contribution in [0.1, 0.15) is 37.8 Å². The van der Waals surface area contributed by atoms with Crippen molar-refractivity contribution < 1.29 is 18.3 Å². The molecule has 1 aromatic heterocycles. The van der Waals surface area contributed by atoms with Crippen LogP contribution >= 0.6 is 11.6 Å². The number of hydrogen-bond acceptors (Lipinski definition) is 3. The van der Waals surface area contributed by atoms with Crippen molar-refractivity contribution in [3.05, 3.63) is 47.0 Å². The van der Waals surface area contributed by atoms with E-state index in [9.17, 15) is 18.3 Å². The first-order valence-corrected chi connectivity index (χ1v) is 8.82. The van der Waals surface area contributed by atoms with E-state index in [2.05, 4.69) is 10.1 Å². The summed E-state index contributed by atoms with van der Waals surface area (Å²) in [4.78, 5) is 3.88. The van der Waals surface area contributed by atoms with E-state index >= 15 is 0 Å². The molecule has 1 aromatic carbocycles. The average Bonchev–Trinajstić information content (AvgIpc) is 3.09. The molecule has 0 saturated heterocycles. The third kappa shape index (κ3) is 3.34. The average molecular weight is 388 g/mol. The minimum atomic E-state index is -4.54. The molecule has 4 nitrogen and oxygen atoms in total. The van der Waals surface area contributed by atoms with E-state index in [0.29, 0.717) is 12.8 Å². The van der Waals surface area contributed by atoms with Crippen LogP contribution in [0.4, 0.5) is 13.2 Å². The number of alkyl halides is 3. The first-order valence-electron chi connectivity index (χ1n) is 8.44. The zero-order valence-corrected chi connectivity index (χ0v) is 15.3. The molecule has 0 bridgehead atoms. The second-order valence-electron chi connectivity index (χ2n) is 7.61. The van der Waals surface area contributed by atoms with E-state index in [4.69, 9.17) is 11.6 Å². The maximum absolute atomic E-state index is 13.5. The SMILES string of the molecule is CC1(C)CCC(Cc2cccc(Cl)c2C(F)(F)F)C1(O)Cn1cncn1. The Morgan fingerprint density at radius 2 is 2.08 bits per heavy atom. The zero-order valence-electron chi connectivity index (χ0n) is 14.6. The Hall–Kier alpha value is -1.60. The van der Waals surface area contributed by atoms with Gasteiger partial charge in [-0.1, -0.05) is 37.6 Å². The molecule has 1 fully saturated rings. The summed E-state index contributed by atoms with van der Waals surface area (Å²) in [6.45, 7) is 4.06. The van der Waals surface area contributed by atoms with Crippen LogP contribution < -0.4 is 0 Å². The van der Waals surface area contributed by atoms with Gasteiger partial charge in [0.25, 0.3) is 0 Å². The summed E-state index contributed by atoms with van der Waals surface area (Å²) in [7, 11) is 0. The molecule has 2 unspecified atom stereocenters. The fraction of sp³-hybridized carbons (Fsp3) is 0.556. The molecule has 2 aromatic rings. The number of benzene rings is 1. The molecular weight excluding hydrogens is 367 g/mol. The normalized spacial score (nSPS) is 25.6. The van der Waals surface area contributed by atoms with Gasteiger partial charge >= 0.3 is 6.18 Å². The van der Waals surface area contributed by atoms with E-state index in [0.717, 1.165) is 0 Å². The number of aliphatic hydroxyl groups is 1. The van der Waals surface area contributed by atoms with Crippen LogP contribution in [0.15, 0.2) is 30.9 Å². The first-order chi connectivity index (χ1) is 12.0. The lowest BCUT2D eigenvalue weighted by molar-refractivity contribution is -0.138. The summed E-state index contributed by atoms with van der Waals surface area (Å²) >= 11 is 5.84. The Kier molecular flexibility index (Phi) is 4.82. The number of hydrogen-bond donors (Lipinski definition) is 1. The highest BCUT2D eigenvalue weighted by molar-refractivity contribution is 6.31. The fourth-order valence-electron chi connectivity index (χ4n) is 4.04. The van der Waals surface area contributed by atoms with Crippen LogP contribution in [0.25, 0.3) is 0 Å². The maximum Gasteiger partial charge on any atom is 0.418 e. The topological polar surface area (TPSA) is 50.9 Å². The van der Waals surface area contributed by atoms with Gasteiger partial charge in [0, 0.05) is 0 Å². The van der Waals surface area contributed by atoms with Crippen molar-refractivity contribution in [2.45, 2.75) is 51.4 Å². The third-order valence-electron chi connectivity index (χ3n) is 5.68. The molecule has 1 saturated carbocycles. The smallest absolute Gasteiger partial charge is 0.387 e. The molecular formula is C18H21ClF3N3O. The minimum Gasteiger partial charge on any atom is -0.387 e. The van der Waals surface area contributed by atoms with Crippen LogP contribution in [-0.4, -0.2) is 25.5 Å². The lowest BCUT2D eigenvalue weighted by atomic mass is 9.72. The van der Waals surface area contributed by atoms with Crippen molar-refractivity contribution in [3.8, 4) is 0 Å². The molecule has 0 radical (unpaired) electrons. The zero-order chi connectivity index (χ0) is 19.2. The molecule has 1 N–H and O–H groups in total. The molecule has 1 heterocycles. The van der Waals surface area contributed by atoms with E-state index in [1.54, 1.807) is 0 Å². The Morgan fingerprint density at radius 3 is 2.69 bits per heavy atom. The highest BCUT2D eigenvalue weighted by atomic mass is 35.5. The molecule has 0 amide bonds. The minimum absolute atomic E-state index is 0.101. The van der Waals surface area contributed by atoms with Crippen LogP contribution in [0.3, 0.4) is 0 Å². The van der Waals surface area contributed by atoms with Crippen LogP contribution in [-0.2, 0) is 19.1 Å². The molecule has 3 rings (SSSR count). The lowest BCUT2D eigenvalue weighted by Crippen LogP contribution is -2.49. The summed E-state index contributed by atoms with van der Waals surface area (Å²) in [5, 5.41) is 15.2. The summed E-state index contributed by atoms with van der Waals surface area (Å²) in [6, 6.07) is 4.20. The van der Waals surface area contributed by atoms with Crippen LogP contribution in [0.5, 0.6) is 0 Å². The van der Waals surface area contributed by atoms with Crippen molar-refractivity contribution in [1.82, 2.24) is 14.8 Å². The van der Waals surface area contributed by atoms with Gasteiger partial charge in [0.1, 0.15) is 12.7 Å². The monoisotopic (exact) mass is 387 g/mol. The second kappa shape index (κ2) is 6.53. The summed E-state index contributed by atoms with van der Waals surface area (Å²) in [6.07, 6.45) is -0.217. The van der Waals surface area contributed by atoms with Gasteiger partial charge in [-0.15, -0.1) is 0 Å². The van der Waals surface area contributed by atoms with Gasteiger partial charge in [0.05, 0.1) is 22.7 Å². The molecule has 8 heteroatoms. The molecule has 1 aliphatic rings. The van der Waals surface area contributed by atoms with Gasteiger partial charge < -0.3 is 5.11 Å². The van der Waals surface area contributed by atoms with Gasteiger partial charge in [-0.05, 0) is 42.2 Å². The first kappa shape index (κ1) is 19.2. The molecule has 0 aliphatic heterocycles. The van der Waals surface area contributed by atoms with Crippen LogP contribution in [0, 0.1) is 11.3 Å². The number of halogens is 4. The van der Waals surface area contributed by atoms with Crippen molar-refractivity contribution in [1.29, 1.82) is 0 Å². The van der Waals surface area contributed by atoms with Gasteiger partial charge in [0.2, 0.25) is 0 Å². The van der Waals surface area contributed by atoms with Gasteiger partial charge in [-0.3, -0.25) is 4.68 Å². The third-order valence-corrected chi connectivity index (χ3v) is 6.00. The number of rotatable bonds is 4. The van der Waals surface area contributed by atoms with Gasteiger partial charge in [-0.25, -0.2) is 4.98 Å². The summed E-state index contributed by atoms with van der Waals surface area (Å²) in [5.41, 5.74) is -2.36. The van der Waals surface area contributed by atoms with E-state index in [-0.39, 0.29) is 29.5 Å². The maximum atomic E-state index is 13.5. The quantitative estimate of drug-likeness (QED) is 0.848. The van der Waals surface area contributed by atoms with Crippen molar-refractivity contribution in [3.63, 3.8) is 0 Å². The number of nitrogens with zero attached hydrogens (tertiary/aromatic N) is 3. The largest absolute Gasteiger partial charge is 0.418 e. The highest BCUT2D eigenvalue weighted by Gasteiger charge is 2.54. The molecule has 1 aliphatic carbocycles. The Balaban J connectivity index is 1.96. The summed E-state index contributed by atoms with van der Waals surface area (Å²) < 4.78 is 41.9. The van der Waals surface area contributed by atoms with Gasteiger partial charge in [-0.2, -0.15) is 18.3 Å². The van der Waals surface area contributed by atoms with E-state index in [1.807, 2.05) is 13.8 Å². The number of aromatic nitrogens is 3. The van der Waals surface area contributed by atoms with Crippen molar-refractivity contribution in [2.24, 2.45) is 11.3 Å². The van der Waals surface area contributed by atoms with E-state index < -0.39 is 22.8 Å². The van der Waals surface area contributed by atoms with E-state index in [1.165, 1.54) is 35.5 Å². The molecule has 2 atom stereocenters. The molecule has 0 spiro atoms. The summed E-state index contributed by atoms with van der Waals surface area (Å²) in [5.74, 6) is -0.346. The van der Waals surface area contributed by atoms with Crippen molar-refractivity contribution >= 4 is 11.6 Å². The van der Waals surface area contributed by atoms with Crippen molar-refractivity contribution in [2.75, 3.05) is 0 Å². The Morgan fingerprint density at radius 1 is 1.35 bits per heavy atom. The lowest BCUT2D eigenvalue weighted by Gasteiger charge is -2.41. The van der Waals surface area contributed by atoms with Gasteiger partial charge in [0.15, 0.2) is 0 Å². The predicted molar refractivity (Wildman–Crippen MR) is 91.6 cm³/mol. The van der Waals surface area contributed by atoms with Crippen LogP contribution in [0.2, 0.25) is 5.02 Å².